The lowest BCUT2D eigenvalue weighted by molar-refractivity contribution is 0.0699. The SMILES string of the molecule is COc1ccc(-c2cc(C(=O)O)c3c(C4CC4)noc3n2)cc1. The predicted molar refractivity (Wildman–Crippen MR) is 82.7 cm³/mol. The number of carboxylic acid groups (broad SMARTS) is 1. The van der Waals surface area contributed by atoms with E-state index in [1.165, 1.54) is 0 Å². The summed E-state index contributed by atoms with van der Waals surface area (Å²) < 4.78 is 10.4. The lowest BCUT2D eigenvalue weighted by atomic mass is 10.0. The number of fused-ring (bicyclic) bond motifs is 1. The zero-order valence-electron chi connectivity index (χ0n) is 12.4. The highest BCUT2D eigenvalue weighted by molar-refractivity contribution is 6.03. The molecular weight excluding hydrogens is 296 g/mol. The van der Waals surface area contributed by atoms with E-state index in [4.69, 9.17) is 9.26 Å². The molecule has 1 aliphatic carbocycles. The maximum absolute atomic E-state index is 11.7. The highest BCUT2D eigenvalue weighted by Gasteiger charge is 2.32. The Morgan fingerprint density at radius 1 is 1.30 bits per heavy atom. The van der Waals surface area contributed by atoms with Crippen molar-refractivity contribution in [3.63, 3.8) is 0 Å². The third-order valence-corrected chi connectivity index (χ3v) is 4.05. The lowest BCUT2D eigenvalue weighted by Crippen LogP contribution is -2.00. The van der Waals surface area contributed by atoms with Crippen LogP contribution in [0.4, 0.5) is 0 Å². The van der Waals surface area contributed by atoms with Gasteiger partial charge in [-0.05, 0) is 43.2 Å². The number of rotatable bonds is 4. The predicted octanol–water partition coefficient (Wildman–Crippen LogP) is 3.47. The van der Waals surface area contributed by atoms with Gasteiger partial charge in [-0.15, -0.1) is 0 Å². The van der Waals surface area contributed by atoms with Crippen LogP contribution in [0.5, 0.6) is 5.75 Å². The van der Waals surface area contributed by atoms with Gasteiger partial charge in [-0.1, -0.05) is 5.16 Å². The van der Waals surface area contributed by atoms with E-state index in [-0.39, 0.29) is 11.3 Å². The van der Waals surface area contributed by atoms with Crippen LogP contribution in [-0.4, -0.2) is 28.3 Å². The molecule has 6 nitrogen and oxygen atoms in total. The quantitative estimate of drug-likeness (QED) is 0.794. The van der Waals surface area contributed by atoms with Crippen molar-refractivity contribution in [1.82, 2.24) is 10.1 Å². The van der Waals surface area contributed by atoms with Gasteiger partial charge < -0.3 is 14.4 Å². The number of carboxylic acids is 1. The highest BCUT2D eigenvalue weighted by atomic mass is 16.5. The zero-order chi connectivity index (χ0) is 16.0. The number of nitrogens with zero attached hydrogens (tertiary/aromatic N) is 2. The Morgan fingerprint density at radius 3 is 2.65 bits per heavy atom. The first-order chi connectivity index (χ1) is 11.2. The van der Waals surface area contributed by atoms with Crippen LogP contribution >= 0.6 is 0 Å². The molecule has 1 fully saturated rings. The number of ether oxygens (including phenoxy) is 1. The summed E-state index contributed by atoms with van der Waals surface area (Å²) in [4.78, 5) is 16.1. The molecule has 0 bridgehead atoms. The summed E-state index contributed by atoms with van der Waals surface area (Å²) in [5.74, 6) is 0.0178. The van der Waals surface area contributed by atoms with Crippen LogP contribution in [0.15, 0.2) is 34.9 Å². The molecule has 0 unspecified atom stereocenters. The second kappa shape index (κ2) is 5.08. The van der Waals surface area contributed by atoms with Crippen molar-refractivity contribution in [3.8, 4) is 17.0 Å². The fourth-order valence-corrected chi connectivity index (χ4v) is 2.69. The van der Waals surface area contributed by atoms with E-state index >= 15 is 0 Å². The number of hydrogen-bond donors (Lipinski definition) is 1. The first kappa shape index (κ1) is 13.8. The average Bonchev–Trinajstić information content (AvgIpc) is 3.33. The second-order valence-corrected chi connectivity index (χ2v) is 5.61. The maximum atomic E-state index is 11.7. The molecule has 1 aromatic carbocycles. The average molecular weight is 310 g/mol. The summed E-state index contributed by atoms with van der Waals surface area (Å²) in [5.41, 5.74) is 2.50. The van der Waals surface area contributed by atoms with Crippen molar-refractivity contribution in [2.75, 3.05) is 7.11 Å². The number of methoxy groups -OCH3 is 1. The number of aromatic nitrogens is 2. The van der Waals surface area contributed by atoms with Gasteiger partial charge in [0.15, 0.2) is 0 Å². The van der Waals surface area contributed by atoms with Gasteiger partial charge in [0.2, 0.25) is 0 Å². The number of hydrogen-bond acceptors (Lipinski definition) is 5. The van der Waals surface area contributed by atoms with Gasteiger partial charge in [0.05, 0.1) is 29.4 Å². The summed E-state index contributed by atoms with van der Waals surface area (Å²) >= 11 is 0. The van der Waals surface area contributed by atoms with Gasteiger partial charge in [-0.3, -0.25) is 0 Å². The van der Waals surface area contributed by atoms with Gasteiger partial charge in [-0.25, -0.2) is 9.78 Å². The molecule has 1 N–H and O–H groups in total. The van der Waals surface area contributed by atoms with Crippen LogP contribution in [0.25, 0.3) is 22.4 Å². The third-order valence-electron chi connectivity index (χ3n) is 4.05. The molecule has 0 saturated heterocycles. The topological polar surface area (TPSA) is 85.5 Å². The molecule has 0 radical (unpaired) electrons. The molecule has 2 aromatic heterocycles. The molecule has 116 valence electrons. The summed E-state index contributed by atoms with van der Waals surface area (Å²) in [6.07, 6.45) is 2.03. The lowest BCUT2D eigenvalue weighted by Gasteiger charge is -2.05. The van der Waals surface area contributed by atoms with E-state index < -0.39 is 5.97 Å². The highest BCUT2D eigenvalue weighted by Crippen LogP contribution is 2.43. The summed E-state index contributed by atoms with van der Waals surface area (Å²) in [7, 11) is 1.59. The molecule has 1 aliphatic rings. The van der Waals surface area contributed by atoms with Crippen molar-refractivity contribution in [1.29, 1.82) is 0 Å². The maximum Gasteiger partial charge on any atom is 0.336 e. The van der Waals surface area contributed by atoms with Gasteiger partial charge in [0, 0.05) is 11.5 Å². The standard InChI is InChI=1S/C17H14N2O4/c1-22-11-6-4-9(5-7-11)13-8-12(17(20)21)14-15(10-2-3-10)19-23-16(14)18-13/h4-8,10H,2-3H2,1H3,(H,20,21). The van der Waals surface area contributed by atoms with E-state index in [1.54, 1.807) is 25.3 Å². The normalized spacial score (nSPS) is 14.1. The molecule has 2 heterocycles. The Bertz CT molecular complexity index is 895. The molecular formula is C17H14N2O4. The van der Waals surface area contributed by atoms with Crippen LogP contribution in [0.3, 0.4) is 0 Å². The van der Waals surface area contributed by atoms with Crippen molar-refractivity contribution < 1.29 is 19.2 Å². The van der Waals surface area contributed by atoms with Crippen molar-refractivity contribution in [3.05, 3.63) is 41.6 Å². The second-order valence-electron chi connectivity index (χ2n) is 5.61. The van der Waals surface area contributed by atoms with E-state index in [0.717, 1.165) is 24.2 Å². The minimum absolute atomic E-state index is 0.184. The Morgan fingerprint density at radius 2 is 2.04 bits per heavy atom. The molecule has 0 spiro atoms. The van der Waals surface area contributed by atoms with E-state index in [9.17, 15) is 9.90 Å². The van der Waals surface area contributed by atoms with Crippen LogP contribution < -0.4 is 4.74 Å². The van der Waals surface area contributed by atoms with Gasteiger partial charge >= 0.3 is 5.97 Å². The van der Waals surface area contributed by atoms with E-state index in [2.05, 4.69) is 10.1 Å². The Kier molecular flexibility index (Phi) is 3.04. The minimum atomic E-state index is -1.00. The summed E-state index contributed by atoms with van der Waals surface area (Å²) in [5, 5.41) is 14.1. The minimum Gasteiger partial charge on any atom is -0.497 e. The van der Waals surface area contributed by atoms with Crippen LogP contribution in [0, 0.1) is 0 Å². The van der Waals surface area contributed by atoms with Crippen LogP contribution in [0.2, 0.25) is 0 Å². The third kappa shape index (κ3) is 2.32. The fourth-order valence-electron chi connectivity index (χ4n) is 2.69. The Labute approximate surface area is 131 Å². The van der Waals surface area contributed by atoms with Crippen LogP contribution in [0.1, 0.15) is 34.8 Å². The molecule has 23 heavy (non-hydrogen) atoms. The molecule has 0 atom stereocenters. The van der Waals surface area contributed by atoms with Gasteiger partial charge in [0.1, 0.15) is 5.75 Å². The number of benzene rings is 1. The van der Waals surface area contributed by atoms with Crippen molar-refractivity contribution >= 4 is 17.1 Å². The molecule has 6 heteroatoms. The molecule has 1 saturated carbocycles. The Hall–Kier alpha value is -2.89. The monoisotopic (exact) mass is 310 g/mol. The smallest absolute Gasteiger partial charge is 0.336 e. The van der Waals surface area contributed by atoms with E-state index in [0.29, 0.717) is 22.7 Å². The summed E-state index contributed by atoms with van der Waals surface area (Å²) in [6, 6.07) is 8.85. The molecule has 4 rings (SSSR count). The first-order valence-electron chi connectivity index (χ1n) is 7.35. The number of carbonyl (C=O) groups is 1. The fraction of sp³-hybridized carbons (Fsp3) is 0.235. The zero-order valence-corrected chi connectivity index (χ0v) is 12.4. The van der Waals surface area contributed by atoms with Gasteiger partial charge in [-0.2, -0.15) is 0 Å². The van der Waals surface area contributed by atoms with Crippen molar-refractivity contribution in [2.45, 2.75) is 18.8 Å². The molecule has 0 amide bonds. The van der Waals surface area contributed by atoms with E-state index in [1.807, 2.05) is 12.1 Å². The molecule has 3 aromatic rings. The Balaban J connectivity index is 1.89. The number of aromatic carboxylic acids is 1. The van der Waals surface area contributed by atoms with Gasteiger partial charge in [0.25, 0.3) is 5.71 Å². The van der Waals surface area contributed by atoms with Crippen molar-refractivity contribution in [2.24, 2.45) is 0 Å². The molecule has 0 aliphatic heterocycles. The summed E-state index contributed by atoms with van der Waals surface area (Å²) in [6.45, 7) is 0. The first-order valence-corrected chi connectivity index (χ1v) is 7.35. The largest absolute Gasteiger partial charge is 0.497 e. The number of pyridine rings is 1. The van der Waals surface area contributed by atoms with Crippen LogP contribution in [-0.2, 0) is 0 Å².